The van der Waals surface area contributed by atoms with E-state index in [4.69, 9.17) is 10.5 Å². The number of amides is 1. The minimum Gasteiger partial charge on any atom is -0.497 e. The Morgan fingerprint density at radius 2 is 2.00 bits per heavy atom. The third-order valence-electron chi connectivity index (χ3n) is 3.68. The monoisotopic (exact) mass is 284 g/mol. The molecule has 3 rings (SSSR count). The molecular weight excluding hydrogens is 268 g/mol. The van der Waals surface area contributed by atoms with Crippen molar-refractivity contribution >= 4 is 11.6 Å². The first-order valence-corrected chi connectivity index (χ1v) is 6.66. The largest absolute Gasteiger partial charge is 0.497 e. The molecule has 21 heavy (non-hydrogen) atoms. The molecule has 0 saturated carbocycles. The zero-order valence-corrected chi connectivity index (χ0v) is 11.6. The van der Waals surface area contributed by atoms with Crippen LogP contribution in [0.1, 0.15) is 5.56 Å². The summed E-state index contributed by atoms with van der Waals surface area (Å²) in [7, 11) is 1.61. The summed E-state index contributed by atoms with van der Waals surface area (Å²) >= 11 is 0. The zero-order chi connectivity index (χ0) is 15.0. The molecule has 1 aliphatic rings. The van der Waals surface area contributed by atoms with E-state index in [1.54, 1.807) is 13.2 Å². The van der Waals surface area contributed by atoms with E-state index < -0.39 is 11.9 Å². The molecule has 1 unspecified atom stereocenters. The third-order valence-corrected chi connectivity index (χ3v) is 3.68. The Hall–Kier alpha value is -2.37. The highest BCUT2D eigenvalue weighted by molar-refractivity contribution is 5.98. The molecule has 1 heterocycles. The van der Waals surface area contributed by atoms with Crippen LogP contribution in [0.2, 0.25) is 0 Å². The van der Waals surface area contributed by atoms with Gasteiger partial charge in [-0.3, -0.25) is 10.0 Å². The van der Waals surface area contributed by atoms with Gasteiger partial charge in [-0.1, -0.05) is 24.3 Å². The molecule has 0 bridgehead atoms. The van der Waals surface area contributed by atoms with Crippen LogP contribution in [0, 0.1) is 0 Å². The number of hydrogen-bond donors (Lipinski definition) is 2. The summed E-state index contributed by atoms with van der Waals surface area (Å²) in [6.45, 7) is 0. The predicted molar refractivity (Wildman–Crippen MR) is 79.4 cm³/mol. The first-order valence-electron chi connectivity index (χ1n) is 6.66. The number of benzene rings is 2. The molecule has 0 spiro atoms. The summed E-state index contributed by atoms with van der Waals surface area (Å²) < 4.78 is 5.21. The van der Waals surface area contributed by atoms with Crippen LogP contribution in [0.3, 0.4) is 0 Å². The van der Waals surface area contributed by atoms with Crippen molar-refractivity contribution < 1.29 is 14.7 Å². The summed E-state index contributed by atoms with van der Waals surface area (Å²) in [5.74, 6) is 0.273. The summed E-state index contributed by atoms with van der Waals surface area (Å²) in [5, 5.41) is 10.6. The molecule has 0 aliphatic carbocycles. The van der Waals surface area contributed by atoms with E-state index in [1.165, 1.54) is 0 Å². The van der Waals surface area contributed by atoms with Gasteiger partial charge in [0.2, 0.25) is 0 Å². The lowest BCUT2D eigenvalue weighted by molar-refractivity contribution is -0.125. The predicted octanol–water partition coefficient (Wildman–Crippen LogP) is 1.97. The molecule has 2 aromatic carbocycles. The Labute approximate surface area is 122 Å². The highest BCUT2D eigenvalue weighted by atomic mass is 16.5. The summed E-state index contributed by atoms with van der Waals surface area (Å²) in [6, 6.07) is 12.5. The Kier molecular flexibility index (Phi) is 3.37. The van der Waals surface area contributed by atoms with E-state index >= 15 is 0 Å². The molecule has 0 aromatic heterocycles. The number of carbonyl (C=O) groups is 1. The van der Waals surface area contributed by atoms with Gasteiger partial charge in [0.1, 0.15) is 5.75 Å². The molecular formula is C16H16N2O3. The number of hydrogen-bond acceptors (Lipinski definition) is 4. The number of methoxy groups -OCH3 is 1. The van der Waals surface area contributed by atoms with Crippen molar-refractivity contribution in [2.75, 3.05) is 12.2 Å². The number of nitrogens with zero attached hydrogens (tertiary/aromatic N) is 1. The Balaban J connectivity index is 2.05. The van der Waals surface area contributed by atoms with E-state index in [0.717, 1.165) is 22.4 Å². The maximum Gasteiger partial charge on any atom is 0.267 e. The number of nitrogens with two attached hydrogens (primary N) is 1. The van der Waals surface area contributed by atoms with Gasteiger partial charge >= 0.3 is 0 Å². The van der Waals surface area contributed by atoms with Gasteiger partial charge in [-0.15, -0.1) is 0 Å². The topological polar surface area (TPSA) is 75.8 Å². The standard InChI is InChI=1S/C16H16N2O3/c1-21-13-4-2-3-10(7-13)11-5-6-12-8-14(17)16(19)18(20)15(12)9-11/h2-7,9,14,20H,8,17H2,1H3. The lowest BCUT2D eigenvalue weighted by atomic mass is 9.95. The Bertz CT molecular complexity index is 700. The molecule has 1 aliphatic heterocycles. The van der Waals surface area contributed by atoms with Gasteiger partial charge in [-0.2, -0.15) is 5.06 Å². The van der Waals surface area contributed by atoms with Gasteiger partial charge in [-0.25, -0.2) is 0 Å². The zero-order valence-electron chi connectivity index (χ0n) is 11.6. The molecule has 0 saturated heterocycles. The SMILES string of the molecule is COc1cccc(-c2ccc3c(c2)N(O)C(=O)C(N)C3)c1. The van der Waals surface area contributed by atoms with Crippen LogP contribution >= 0.6 is 0 Å². The van der Waals surface area contributed by atoms with E-state index in [1.807, 2.05) is 36.4 Å². The number of hydroxylamine groups is 1. The highest BCUT2D eigenvalue weighted by Gasteiger charge is 2.29. The van der Waals surface area contributed by atoms with E-state index in [0.29, 0.717) is 17.2 Å². The van der Waals surface area contributed by atoms with Gasteiger partial charge < -0.3 is 10.5 Å². The number of ether oxygens (including phenoxy) is 1. The Morgan fingerprint density at radius 3 is 2.76 bits per heavy atom. The third kappa shape index (κ3) is 2.37. The van der Waals surface area contributed by atoms with Crippen LogP contribution in [0.5, 0.6) is 5.75 Å². The average molecular weight is 284 g/mol. The second kappa shape index (κ2) is 5.20. The van der Waals surface area contributed by atoms with Gasteiger partial charge in [-0.05, 0) is 41.3 Å². The smallest absolute Gasteiger partial charge is 0.267 e. The Morgan fingerprint density at radius 1 is 1.24 bits per heavy atom. The number of rotatable bonds is 2. The van der Waals surface area contributed by atoms with Crippen molar-refractivity contribution in [1.29, 1.82) is 0 Å². The molecule has 0 fully saturated rings. The minimum absolute atomic E-state index is 0.434. The van der Waals surface area contributed by atoms with Crippen molar-refractivity contribution in [2.24, 2.45) is 5.73 Å². The first-order chi connectivity index (χ1) is 10.1. The van der Waals surface area contributed by atoms with E-state index in [9.17, 15) is 10.0 Å². The molecule has 0 radical (unpaired) electrons. The van der Waals surface area contributed by atoms with Crippen LogP contribution in [0.25, 0.3) is 11.1 Å². The highest BCUT2D eigenvalue weighted by Crippen LogP contribution is 2.32. The van der Waals surface area contributed by atoms with Crippen LogP contribution in [0.4, 0.5) is 5.69 Å². The molecule has 5 heteroatoms. The number of carbonyl (C=O) groups excluding carboxylic acids is 1. The lowest BCUT2D eigenvalue weighted by Gasteiger charge is -2.28. The maximum atomic E-state index is 11.8. The molecule has 3 N–H and O–H groups in total. The van der Waals surface area contributed by atoms with Gasteiger partial charge in [0.25, 0.3) is 5.91 Å². The molecule has 5 nitrogen and oxygen atoms in total. The second-order valence-electron chi connectivity index (χ2n) is 5.04. The first kappa shape index (κ1) is 13.6. The minimum atomic E-state index is -0.690. The quantitative estimate of drug-likeness (QED) is 0.827. The lowest BCUT2D eigenvalue weighted by Crippen LogP contribution is -2.47. The van der Waals surface area contributed by atoms with Crippen LogP contribution < -0.4 is 15.5 Å². The van der Waals surface area contributed by atoms with Crippen LogP contribution in [-0.4, -0.2) is 24.3 Å². The maximum absolute atomic E-state index is 11.8. The van der Waals surface area contributed by atoms with E-state index in [2.05, 4.69) is 0 Å². The van der Waals surface area contributed by atoms with E-state index in [-0.39, 0.29) is 0 Å². The van der Waals surface area contributed by atoms with Crippen LogP contribution in [0.15, 0.2) is 42.5 Å². The van der Waals surface area contributed by atoms with Gasteiger partial charge in [0.05, 0.1) is 18.8 Å². The summed E-state index contributed by atoms with van der Waals surface area (Å²) in [6.07, 6.45) is 0.434. The second-order valence-corrected chi connectivity index (χ2v) is 5.04. The van der Waals surface area contributed by atoms with Gasteiger partial charge in [0.15, 0.2) is 0 Å². The number of fused-ring (bicyclic) bond motifs is 1. The van der Waals surface area contributed by atoms with Gasteiger partial charge in [0, 0.05) is 0 Å². The fraction of sp³-hybridized carbons (Fsp3) is 0.188. The summed E-state index contributed by atoms with van der Waals surface area (Å²) in [4.78, 5) is 11.8. The van der Waals surface area contributed by atoms with Crippen molar-refractivity contribution in [1.82, 2.24) is 0 Å². The van der Waals surface area contributed by atoms with Crippen molar-refractivity contribution in [2.45, 2.75) is 12.5 Å². The van der Waals surface area contributed by atoms with Crippen LogP contribution in [-0.2, 0) is 11.2 Å². The molecule has 1 amide bonds. The number of anilines is 1. The van der Waals surface area contributed by atoms with Crippen molar-refractivity contribution in [3.8, 4) is 16.9 Å². The normalized spacial score (nSPS) is 17.6. The molecule has 108 valence electrons. The average Bonchev–Trinajstić information content (AvgIpc) is 2.52. The fourth-order valence-corrected chi connectivity index (χ4v) is 2.52. The molecule has 2 aromatic rings. The van der Waals surface area contributed by atoms with Crippen molar-refractivity contribution in [3.63, 3.8) is 0 Å². The van der Waals surface area contributed by atoms with Crippen molar-refractivity contribution in [3.05, 3.63) is 48.0 Å². The summed E-state index contributed by atoms with van der Waals surface area (Å²) in [5.41, 5.74) is 8.90. The molecule has 1 atom stereocenters. The fourth-order valence-electron chi connectivity index (χ4n) is 2.52.